The standard InChI is InChI=1S/C31H56O11Si4.2CO2.2CH4/c1-24(2)14-17-43(3,4)40-46(27-12-10-9-11-13-27,41-44(5,6)18-15-25(20-28(32)33)21-29(34)35)42-45(7,8)19-16-26(22-30(36)37)23-31(38)39;2*2-1-3;;/h9-13,24-26H,14-23H2,1-8H3,(H,32,33)(H,34,35)(H,36,37)(H,38,39);;;2*1H4. The first-order chi connectivity index (χ1) is 23.9. The molecule has 0 radical (unpaired) electrons. The summed E-state index contributed by atoms with van der Waals surface area (Å²) in [6.45, 7) is 16.7. The summed E-state index contributed by atoms with van der Waals surface area (Å²) < 4.78 is 21.6. The molecule has 0 saturated heterocycles. The van der Waals surface area contributed by atoms with Gasteiger partial charge in [-0.3, -0.25) is 19.2 Å². The number of carboxylic acids is 4. The first kappa shape index (κ1) is 57.3. The number of carboxylic acid groups (broad SMARTS) is 4. The number of hydrogen-bond donors (Lipinski definition) is 4. The highest BCUT2D eigenvalue weighted by molar-refractivity contribution is 6.96. The molecular weight excluding hydrogens is 773 g/mol. The second-order valence-corrected chi connectivity index (χ2v) is 31.0. The zero-order chi connectivity index (χ0) is 40.8. The lowest BCUT2D eigenvalue weighted by molar-refractivity contribution is -0.193. The Kier molecular flexibility index (Phi) is 29.8. The third-order valence-electron chi connectivity index (χ3n) is 7.85. The number of carbonyl (C=O) groups is 4. The van der Waals surface area contributed by atoms with Crippen molar-refractivity contribution in [2.45, 2.75) is 131 Å². The number of benzene rings is 1. The molecule has 0 bridgehead atoms. The fraction of sp³-hybridized carbons (Fsp3) is 0.657. The minimum absolute atomic E-state index is 0. The van der Waals surface area contributed by atoms with Crippen LogP contribution in [0.3, 0.4) is 0 Å². The summed E-state index contributed by atoms with van der Waals surface area (Å²) in [7, 11) is -11.5. The van der Waals surface area contributed by atoms with Crippen molar-refractivity contribution in [1.29, 1.82) is 0 Å². The van der Waals surface area contributed by atoms with Crippen LogP contribution in [0.25, 0.3) is 0 Å². The molecule has 0 saturated carbocycles. The van der Waals surface area contributed by atoms with Crippen LogP contribution in [-0.4, -0.2) is 90.4 Å². The van der Waals surface area contributed by atoms with E-state index in [1.54, 1.807) is 0 Å². The Hall–Kier alpha value is -3.39. The molecule has 0 unspecified atom stereocenters. The fourth-order valence-electron chi connectivity index (χ4n) is 5.41. The van der Waals surface area contributed by atoms with Gasteiger partial charge in [-0.1, -0.05) is 65.5 Å². The molecule has 1 aromatic rings. The summed E-state index contributed by atoms with van der Waals surface area (Å²) >= 11 is 0. The molecule has 0 aromatic heterocycles. The summed E-state index contributed by atoms with van der Waals surface area (Å²) in [5.74, 6) is -4.77. The quantitative estimate of drug-likeness (QED) is 0.0806. The van der Waals surface area contributed by atoms with Gasteiger partial charge < -0.3 is 32.8 Å². The van der Waals surface area contributed by atoms with Crippen LogP contribution in [-0.2, 0) is 50.7 Å². The SMILES string of the molecule is C.C.CC(C)CC[Si](C)(C)O[Si](O[Si](C)(C)CCC(CC(=O)O)CC(=O)O)(O[Si](C)(C)CCC(CC(=O)O)CC(=O)O)c1ccccc1.O=C=O.O=C=O. The van der Waals surface area contributed by atoms with Gasteiger partial charge in [0.1, 0.15) is 0 Å². The van der Waals surface area contributed by atoms with Crippen molar-refractivity contribution in [2.24, 2.45) is 17.8 Å². The number of aliphatic carboxylic acids is 4. The van der Waals surface area contributed by atoms with Crippen molar-refractivity contribution in [3.05, 3.63) is 30.3 Å². The highest BCUT2D eigenvalue weighted by Gasteiger charge is 2.54. The molecule has 0 aliphatic carbocycles. The van der Waals surface area contributed by atoms with Crippen LogP contribution in [0.15, 0.2) is 30.3 Å². The van der Waals surface area contributed by atoms with Crippen LogP contribution >= 0.6 is 0 Å². The van der Waals surface area contributed by atoms with Gasteiger partial charge in [0.25, 0.3) is 0 Å². The molecule has 1 aromatic carbocycles. The second-order valence-electron chi connectivity index (χ2n) is 14.8. The Morgan fingerprint density at radius 3 is 1.06 bits per heavy atom. The molecule has 0 aliphatic heterocycles. The number of carbonyl (C=O) groups excluding carboxylic acids is 4. The molecule has 0 amide bonds. The van der Waals surface area contributed by atoms with Crippen molar-refractivity contribution >= 4 is 75.1 Å². The molecule has 0 aliphatic rings. The van der Waals surface area contributed by atoms with Crippen LogP contribution in [0.5, 0.6) is 0 Å². The Morgan fingerprint density at radius 1 is 0.556 bits per heavy atom. The maximum atomic E-state index is 11.5. The average Bonchev–Trinajstić information content (AvgIpc) is 2.97. The van der Waals surface area contributed by atoms with E-state index in [4.69, 9.17) is 31.5 Å². The third kappa shape index (κ3) is 28.1. The minimum Gasteiger partial charge on any atom is -0.481 e. The van der Waals surface area contributed by atoms with E-state index < -0.39 is 69.5 Å². The van der Waals surface area contributed by atoms with Gasteiger partial charge in [-0.15, -0.1) is 0 Å². The molecule has 1 rings (SSSR count). The van der Waals surface area contributed by atoms with Crippen LogP contribution in [0, 0.1) is 17.8 Å². The summed E-state index contributed by atoms with van der Waals surface area (Å²) in [4.78, 5) is 78.4. The highest BCUT2D eigenvalue weighted by Crippen LogP contribution is 2.34. The van der Waals surface area contributed by atoms with E-state index in [1.165, 1.54) is 0 Å². The summed E-state index contributed by atoms with van der Waals surface area (Å²) in [6, 6.07) is 11.5. The molecule has 0 spiro atoms. The van der Waals surface area contributed by atoms with Crippen molar-refractivity contribution in [1.82, 2.24) is 0 Å². The lowest BCUT2D eigenvalue weighted by Gasteiger charge is -2.45. The van der Waals surface area contributed by atoms with E-state index in [9.17, 15) is 39.6 Å². The van der Waals surface area contributed by atoms with Crippen molar-refractivity contribution in [2.75, 3.05) is 0 Å². The topological polar surface area (TPSA) is 245 Å². The van der Waals surface area contributed by atoms with Gasteiger partial charge in [-0.05, 0) is 88.0 Å². The summed E-state index contributed by atoms with van der Waals surface area (Å²) in [5.41, 5.74) is 0. The van der Waals surface area contributed by atoms with Gasteiger partial charge in [-0.2, -0.15) is 19.2 Å². The van der Waals surface area contributed by atoms with Gasteiger partial charge in [0.05, 0.1) is 0 Å². The van der Waals surface area contributed by atoms with E-state index in [1.807, 2.05) is 56.5 Å². The van der Waals surface area contributed by atoms with Crippen LogP contribution in [0.1, 0.15) is 73.6 Å². The number of rotatable bonds is 24. The van der Waals surface area contributed by atoms with Crippen LogP contribution in [0.4, 0.5) is 0 Å². The Bertz CT molecular complexity index is 1230. The summed E-state index contributed by atoms with van der Waals surface area (Å²) in [6.07, 6.45) is 1.25. The van der Waals surface area contributed by atoms with Gasteiger partial charge in [0.15, 0.2) is 25.0 Å². The third-order valence-corrected chi connectivity index (χ3v) is 23.2. The first-order valence-electron chi connectivity index (χ1n) is 16.9. The van der Waals surface area contributed by atoms with Crippen molar-refractivity contribution < 1.29 is 71.1 Å². The van der Waals surface area contributed by atoms with Crippen molar-refractivity contribution in [3.8, 4) is 0 Å². The van der Waals surface area contributed by atoms with Gasteiger partial charge in [-0.25, -0.2) is 0 Å². The largest absolute Gasteiger partial charge is 0.505 e. The molecular formula is C35H64O15Si4. The van der Waals surface area contributed by atoms with Crippen LogP contribution < -0.4 is 5.19 Å². The molecule has 0 fully saturated rings. The van der Waals surface area contributed by atoms with Gasteiger partial charge in [0.2, 0.25) is 0 Å². The normalized spacial score (nSPS) is 11.4. The molecule has 19 heteroatoms. The first-order valence-corrected chi connectivity index (χ1v) is 28.0. The lowest BCUT2D eigenvalue weighted by Crippen LogP contribution is -2.68. The maximum Gasteiger partial charge on any atom is 0.505 e. The zero-order valence-corrected chi connectivity index (χ0v) is 35.5. The fourth-order valence-corrected chi connectivity index (χ4v) is 22.5. The van der Waals surface area contributed by atoms with Gasteiger partial charge in [0, 0.05) is 30.9 Å². The smallest absolute Gasteiger partial charge is 0.481 e. The monoisotopic (exact) mass is 836 g/mol. The van der Waals surface area contributed by atoms with Gasteiger partial charge >= 0.3 is 45.0 Å². The van der Waals surface area contributed by atoms with E-state index in [-0.39, 0.29) is 52.8 Å². The summed E-state index contributed by atoms with van der Waals surface area (Å²) in [5, 5.41) is 38.4. The predicted molar refractivity (Wildman–Crippen MR) is 210 cm³/mol. The minimum atomic E-state index is -3.70. The molecule has 15 nitrogen and oxygen atoms in total. The number of hydrogen-bond acceptors (Lipinski definition) is 11. The molecule has 54 heavy (non-hydrogen) atoms. The van der Waals surface area contributed by atoms with Crippen molar-refractivity contribution in [3.63, 3.8) is 0 Å². The zero-order valence-electron chi connectivity index (χ0n) is 31.5. The second kappa shape index (κ2) is 28.1. The Labute approximate surface area is 324 Å². The van der Waals surface area contributed by atoms with E-state index in [2.05, 4.69) is 26.9 Å². The molecule has 4 N–H and O–H groups in total. The molecule has 310 valence electrons. The van der Waals surface area contributed by atoms with E-state index in [0.717, 1.165) is 17.7 Å². The molecule has 0 atom stereocenters. The Balaban J connectivity index is -0.00000146. The maximum absolute atomic E-state index is 11.5. The van der Waals surface area contributed by atoms with E-state index in [0.29, 0.717) is 30.8 Å². The highest BCUT2D eigenvalue weighted by atomic mass is 28.5. The average molecular weight is 837 g/mol. The predicted octanol–water partition coefficient (Wildman–Crippen LogP) is 6.56. The lowest BCUT2D eigenvalue weighted by atomic mass is 9.99. The van der Waals surface area contributed by atoms with E-state index >= 15 is 0 Å². The Morgan fingerprint density at radius 2 is 0.815 bits per heavy atom. The molecule has 0 heterocycles. The van der Waals surface area contributed by atoms with Crippen LogP contribution in [0.2, 0.25) is 57.4 Å².